The monoisotopic (exact) mass is 421 g/mol. The van der Waals surface area contributed by atoms with Crippen LogP contribution in [0.15, 0.2) is 54.6 Å². The lowest BCUT2D eigenvalue weighted by atomic mass is 10.1. The minimum Gasteiger partial charge on any atom is -0.492 e. The Bertz CT molecular complexity index is 1060. The molecule has 0 unspecified atom stereocenters. The number of ether oxygens (including phenoxy) is 2. The fourth-order valence-electron chi connectivity index (χ4n) is 3.68. The summed E-state index contributed by atoms with van der Waals surface area (Å²) < 4.78 is 10.9. The minimum absolute atomic E-state index is 0.296. The number of benzene rings is 2. The van der Waals surface area contributed by atoms with Crippen LogP contribution in [0.5, 0.6) is 5.75 Å². The van der Waals surface area contributed by atoms with Gasteiger partial charge in [-0.2, -0.15) is 0 Å². The Morgan fingerprint density at radius 3 is 2.60 bits per heavy atom. The van der Waals surface area contributed by atoms with Gasteiger partial charge in [0, 0.05) is 11.3 Å². The fourth-order valence-corrected chi connectivity index (χ4v) is 4.96. The molecule has 0 aliphatic heterocycles. The summed E-state index contributed by atoms with van der Waals surface area (Å²) in [4.78, 5) is 26.5. The lowest BCUT2D eigenvalue weighted by molar-refractivity contribution is 0.0601. The smallest absolute Gasteiger partial charge is 0.341 e. The average Bonchev–Trinajstić information content (AvgIpc) is 3.35. The third-order valence-electron chi connectivity index (χ3n) is 5.16. The summed E-state index contributed by atoms with van der Waals surface area (Å²) in [5.41, 5.74) is 3.12. The Hall–Kier alpha value is -3.12. The highest BCUT2D eigenvalue weighted by Crippen LogP contribution is 2.39. The van der Waals surface area contributed by atoms with Gasteiger partial charge in [0.15, 0.2) is 0 Å². The van der Waals surface area contributed by atoms with Crippen molar-refractivity contribution in [3.8, 4) is 5.75 Å². The summed E-state index contributed by atoms with van der Waals surface area (Å²) in [6.45, 7) is 0.467. The number of anilines is 1. The molecular weight excluding hydrogens is 398 g/mol. The van der Waals surface area contributed by atoms with Gasteiger partial charge in [-0.25, -0.2) is 4.79 Å². The van der Waals surface area contributed by atoms with Crippen LogP contribution >= 0.6 is 11.3 Å². The maximum atomic E-state index is 13.0. The first kappa shape index (κ1) is 20.2. The second-order valence-electron chi connectivity index (χ2n) is 7.09. The van der Waals surface area contributed by atoms with Gasteiger partial charge in [0.1, 0.15) is 10.8 Å². The molecule has 4 rings (SSSR count). The van der Waals surface area contributed by atoms with Crippen LogP contribution in [0.4, 0.5) is 5.00 Å². The van der Waals surface area contributed by atoms with Crippen LogP contribution in [-0.2, 0) is 24.0 Å². The van der Waals surface area contributed by atoms with Crippen molar-refractivity contribution >= 4 is 28.2 Å². The van der Waals surface area contributed by atoms with E-state index in [4.69, 9.17) is 9.47 Å². The highest BCUT2D eigenvalue weighted by atomic mass is 32.1. The average molecular weight is 422 g/mol. The number of methoxy groups -OCH3 is 1. The maximum Gasteiger partial charge on any atom is 0.341 e. The zero-order chi connectivity index (χ0) is 20.9. The summed E-state index contributed by atoms with van der Waals surface area (Å²) in [5.74, 6) is -0.179. The van der Waals surface area contributed by atoms with E-state index in [-0.39, 0.29) is 5.91 Å². The number of para-hydroxylation sites is 1. The summed E-state index contributed by atoms with van der Waals surface area (Å²) in [6.07, 6.45) is 3.54. The molecule has 2 aromatic carbocycles. The van der Waals surface area contributed by atoms with Crippen LogP contribution in [0.1, 0.15) is 43.1 Å². The molecule has 30 heavy (non-hydrogen) atoms. The lowest BCUT2D eigenvalue weighted by Crippen LogP contribution is -2.16. The van der Waals surface area contributed by atoms with E-state index in [1.165, 1.54) is 24.0 Å². The molecule has 5 nitrogen and oxygen atoms in total. The molecule has 0 saturated heterocycles. The molecule has 0 saturated carbocycles. The predicted molar refractivity (Wildman–Crippen MR) is 118 cm³/mol. The molecule has 1 N–H and O–H groups in total. The zero-order valence-corrected chi connectivity index (χ0v) is 17.6. The normalized spacial score (nSPS) is 12.3. The van der Waals surface area contributed by atoms with Crippen molar-refractivity contribution in [1.82, 2.24) is 0 Å². The van der Waals surface area contributed by atoms with Gasteiger partial charge in [-0.15, -0.1) is 11.3 Å². The second-order valence-corrected chi connectivity index (χ2v) is 8.19. The number of amides is 1. The van der Waals surface area contributed by atoms with E-state index >= 15 is 0 Å². The number of rotatable bonds is 7. The van der Waals surface area contributed by atoms with E-state index in [9.17, 15) is 9.59 Å². The largest absolute Gasteiger partial charge is 0.492 e. The van der Waals surface area contributed by atoms with Crippen LogP contribution < -0.4 is 10.1 Å². The molecule has 3 aromatic rings. The van der Waals surface area contributed by atoms with Gasteiger partial charge in [-0.1, -0.05) is 42.5 Å². The van der Waals surface area contributed by atoms with Gasteiger partial charge >= 0.3 is 5.97 Å². The Balaban J connectivity index is 1.50. The molecule has 1 amide bonds. The number of esters is 1. The SMILES string of the molecule is COC(=O)c1c(NC(=O)c2ccccc2OCCc2ccccc2)sc2c1CCC2. The number of thiophene rings is 1. The number of hydrogen-bond acceptors (Lipinski definition) is 5. The number of aryl methyl sites for hydroxylation is 1. The fraction of sp³-hybridized carbons (Fsp3) is 0.250. The van der Waals surface area contributed by atoms with Crippen LogP contribution in [0, 0.1) is 0 Å². The molecule has 6 heteroatoms. The molecular formula is C24H23NO4S. The van der Waals surface area contributed by atoms with E-state index in [0.717, 1.165) is 36.1 Å². The molecule has 1 aromatic heterocycles. The van der Waals surface area contributed by atoms with Crippen molar-refractivity contribution in [2.24, 2.45) is 0 Å². The standard InChI is InChI=1S/C24H23NO4S/c1-28-24(27)21-18-11-7-13-20(18)30-23(21)25-22(26)17-10-5-6-12-19(17)29-15-14-16-8-3-2-4-9-16/h2-6,8-10,12H,7,11,13-15H2,1H3,(H,25,26). The van der Waals surface area contributed by atoms with Gasteiger partial charge in [-0.05, 0) is 42.5 Å². The predicted octanol–water partition coefficient (Wildman–Crippen LogP) is 4.90. The highest BCUT2D eigenvalue weighted by molar-refractivity contribution is 7.17. The summed E-state index contributed by atoms with van der Waals surface area (Å²) in [5, 5.41) is 3.47. The van der Waals surface area contributed by atoms with Gasteiger partial charge in [0.25, 0.3) is 5.91 Å². The Morgan fingerprint density at radius 2 is 1.80 bits per heavy atom. The van der Waals surface area contributed by atoms with Gasteiger partial charge < -0.3 is 14.8 Å². The van der Waals surface area contributed by atoms with Crippen molar-refractivity contribution in [3.63, 3.8) is 0 Å². The molecule has 0 atom stereocenters. The molecule has 0 fully saturated rings. The van der Waals surface area contributed by atoms with Crippen LogP contribution in [-0.4, -0.2) is 25.6 Å². The van der Waals surface area contributed by atoms with Crippen molar-refractivity contribution in [1.29, 1.82) is 0 Å². The van der Waals surface area contributed by atoms with Crippen molar-refractivity contribution < 1.29 is 19.1 Å². The molecule has 0 spiro atoms. The number of hydrogen-bond donors (Lipinski definition) is 1. The zero-order valence-electron chi connectivity index (χ0n) is 16.8. The number of nitrogens with one attached hydrogen (secondary N) is 1. The first-order chi connectivity index (χ1) is 14.7. The van der Waals surface area contributed by atoms with Crippen LogP contribution in [0.25, 0.3) is 0 Å². The van der Waals surface area contributed by atoms with Gasteiger partial charge in [0.05, 0.1) is 24.8 Å². The molecule has 1 heterocycles. The third kappa shape index (κ3) is 4.24. The van der Waals surface area contributed by atoms with Crippen molar-refractivity contribution in [2.45, 2.75) is 25.7 Å². The topological polar surface area (TPSA) is 64.6 Å². The Labute approximate surface area is 179 Å². The van der Waals surface area contributed by atoms with E-state index in [1.54, 1.807) is 18.2 Å². The van der Waals surface area contributed by atoms with Gasteiger partial charge in [0.2, 0.25) is 0 Å². The van der Waals surface area contributed by atoms with Crippen molar-refractivity contribution in [3.05, 3.63) is 81.7 Å². The molecule has 1 aliphatic rings. The Kier molecular flexibility index (Phi) is 6.14. The molecule has 154 valence electrons. The van der Waals surface area contributed by atoms with Crippen LogP contribution in [0.2, 0.25) is 0 Å². The van der Waals surface area contributed by atoms with E-state index in [0.29, 0.717) is 28.5 Å². The summed E-state index contributed by atoms with van der Waals surface area (Å²) in [7, 11) is 1.36. The number of fused-ring (bicyclic) bond motifs is 1. The summed E-state index contributed by atoms with van der Waals surface area (Å²) in [6, 6.07) is 17.2. The third-order valence-corrected chi connectivity index (χ3v) is 6.37. The first-order valence-electron chi connectivity index (χ1n) is 9.97. The first-order valence-corrected chi connectivity index (χ1v) is 10.8. The molecule has 1 aliphatic carbocycles. The minimum atomic E-state index is -0.405. The quantitative estimate of drug-likeness (QED) is 0.551. The number of carbonyl (C=O) groups is 2. The van der Waals surface area contributed by atoms with E-state index in [2.05, 4.69) is 5.32 Å². The molecule has 0 bridgehead atoms. The van der Waals surface area contributed by atoms with Gasteiger partial charge in [-0.3, -0.25) is 4.79 Å². The number of carbonyl (C=O) groups excluding carboxylic acids is 2. The van der Waals surface area contributed by atoms with E-state index in [1.807, 2.05) is 36.4 Å². The van der Waals surface area contributed by atoms with E-state index < -0.39 is 5.97 Å². The van der Waals surface area contributed by atoms with Crippen LogP contribution in [0.3, 0.4) is 0 Å². The van der Waals surface area contributed by atoms with Crippen molar-refractivity contribution in [2.75, 3.05) is 19.0 Å². The summed E-state index contributed by atoms with van der Waals surface area (Å²) >= 11 is 1.46. The second kappa shape index (κ2) is 9.13. The highest BCUT2D eigenvalue weighted by Gasteiger charge is 2.28. The maximum absolute atomic E-state index is 13.0. The lowest BCUT2D eigenvalue weighted by Gasteiger charge is -2.12. The molecule has 0 radical (unpaired) electrons. The Morgan fingerprint density at radius 1 is 1.03 bits per heavy atom.